The first-order valence-corrected chi connectivity index (χ1v) is 18.3. The maximum atomic E-state index is 2.47. The summed E-state index contributed by atoms with van der Waals surface area (Å²) in [6.45, 7) is 4.62. The van der Waals surface area contributed by atoms with Crippen LogP contribution in [0.25, 0.3) is 41.7 Å². The fourth-order valence-electron chi connectivity index (χ4n) is 6.83. The van der Waals surface area contributed by atoms with Crippen LogP contribution in [-0.4, -0.2) is 0 Å². The Morgan fingerprint density at radius 2 is 0.825 bits per heavy atom. The van der Waals surface area contributed by atoms with E-state index in [9.17, 15) is 0 Å². The Labute approximate surface area is 251 Å². The van der Waals surface area contributed by atoms with Gasteiger partial charge in [-0.1, -0.05) is 128 Å². The van der Waals surface area contributed by atoms with Crippen LogP contribution in [0.2, 0.25) is 0 Å². The lowest BCUT2D eigenvalue weighted by molar-refractivity contribution is 0.576. The topological polar surface area (TPSA) is 0 Å². The Morgan fingerprint density at radius 1 is 0.425 bits per heavy atom. The maximum absolute atomic E-state index is 2.47. The largest absolute Gasteiger partial charge is 0.143 e. The molecule has 3 aromatic carbocycles. The van der Waals surface area contributed by atoms with Crippen molar-refractivity contribution in [3.8, 4) is 0 Å². The summed E-state index contributed by atoms with van der Waals surface area (Å²) in [6, 6.07) is 14.4. The number of aryl methyl sites for hydroxylation is 2. The van der Waals surface area contributed by atoms with Crippen LogP contribution in [0.1, 0.15) is 128 Å². The minimum absolute atomic E-state index is 1.20. The molecule has 0 aliphatic heterocycles. The lowest BCUT2D eigenvalue weighted by atomic mass is 9.86. The zero-order valence-corrected chi connectivity index (χ0v) is 26.8. The smallest absolute Gasteiger partial charge is 0.0424 e. The molecule has 2 aromatic heterocycles. The molecule has 0 bridgehead atoms. The number of thiophene rings is 2. The third-order valence-corrected chi connectivity index (χ3v) is 11.0. The zero-order chi connectivity index (χ0) is 27.6. The van der Waals surface area contributed by atoms with Crippen LogP contribution in [-0.2, 0) is 12.8 Å². The molecule has 0 atom stereocenters. The minimum atomic E-state index is 1.20. The van der Waals surface area contributed by atoms with Crippen molar-refractivity contribution in [1.29, 1.82) is 0 Å². The summed E-state index contributed by atoms with van der Waals surface area (Å²) in [5, 5.41) is 13.7. The number of rotatable bonds is 18. The van der Waals surface area contributed by atoms with Crippen molar-refractivity contribution in [2.45, 2.75) is 129 Å². The van der Waals surface area contributed by atoms with E-state index in [1.807, 2.05) is 22.7 Å². The van der Waals surface area contributed by atoms with Gasteiger partial charge in [-0.15, -0.1) is 22.7 Å². The summed E-state index contributed by atoms with van der Waals surface area (Å²) in [7, 11) is 0. The molecular formula is C38H50S2. The normalized spacial score (nSPS) is 12.1. The highest BCUT2D eigenvalue weighted by Crippen LogP contribution is 2.44. The van der Waals surface area contributed by atoms with Crippen molar-refractivity contribution >= 4 is 64.4 Å². The molecule has 2 heterocycles. The SMILES string of the molecule is CCCCCCCCCCc1c2ccc3ccsc3c2c(CCCCCCCCCC)c2c1ccc1ccsc12. The number of hydrogen-bond donors (Lipinski definition) is 0. The van der Waals surface area contributed by atoms with E-state index in [4.69, 9.17) is 0 Å². The molecule has 0 aliphatic rings. The molecule has 0 saturated carbocycles. The van der Waals surface area contributed by atoms with Gasteiger partial charge in [-0.05, 0) is 81.2 Å². The summed E-state index contributed by atoms with van der Waals surface area (Å²) in [5.74, 6) is 0. The minimum Gasteiger partial charge on any atom is -0.143 e. The van der Waals surface area contributed by atoms with E-state index in [2.05, 4.69) is 61.0 Å². The summed E-state index contributed by atoms with van der Waals surface area (Å²) in [5.41, 5.74) is 3.25. The van der Waals surface area contributed by atoms with Crippen LogP contribution in [0.3, 0.4) is 0 Å². The molecule has 2 heteroatoms. The van der Waals surface area contributed by atoms with E-state index in [0.717, 1.165) is 0 Å². The van der Waals surface area contributed by atoms with Gasteiger partial charge in [0.2, 0.25) is 0 Å². The highest BCUT2D eigenvalue weighted by Gasteiger charge is 2.19. The van der Waals surface area contributed by atoms with E-state index in [1.165, 1.54) is 147 Å². The Hall–Kier alpha value is -1.90. The van der Waals surface area contributed by atoms with Crippen LogP contribution < -0.4 is 0 Å². The standard InChI is InChI=1S/C38H50S2/c1-3-5-7-9-11-13-15-17-19-31-32-23-21-29-25-27-39-37(29)35(32)34(20-18-16-14-12-10-8-6-4-2)36-33(31)24-22-30-26-28-40-38(30)36/h21-28H,3-20H2,1-2H3. The van der Waals surface area contributed by atoms with E-state index in [1.54, 1.807) is 21.9 Å². The highest BCUT2D eigenvalue weighted by atomic mass is 32.1. The van der Waals surface area contributed by atoms with Gasteiger partial charge >= 0.3 is 0 Å². The molecule has 0 fully saturated rings. The number of benzene rings is 3. The molecule has 0 amide bonds. The summed E-state index contributed by atoms with van der Waals surface area (Å²) >= 11 is 3.91. The second-order valence-corrected chi connectivity index (χ2v) is 13.9. The monoisotopic (exact) mass is 570 g/mol. The molecule has 40 heavy (non-hydrogen) atoms. The van der Waals surface area contributed by atoms with Crippen molar-refractivity contribution < 1.29 is 0 Å². The molecule has 0 spiro atoms. The van der Waals surface area contributed by atoms with E-state index in [0.29, 0.717) is 0 Å². The zero-order valence-electron chi connectivity index (χ0n) is 25.2. The molecule has 0 aliphatic carbocycles. The first kappa shape index (κ1) is 29.6. The summed E-state index contributed by atoms with van der Waals surface area (Å²) < 4.78 is 3.03. The van der Waals surface area contributed by atoms with Crippen LogP contribution in [0, 0.1) is 0 Å². The maximum Gasteiger partial charge on any atom is 0.0424 e. The van der Waals surface area contributed by atoms with E-state index < -0.39 is 0 Å². The van der Waals surface area contributed by atoms with Gasteiger partial charge in [0.1, 0.15) is 0 Å². The number of unbranched alkanes of at least 4 members (excludes halogenated alkanes) is 14. The van der Waals surface area contributed by atoms with Crippen molar-refractivity contribution in [2.24, 2.45) is 0 Å². The average Bonchev–Trinajstić information content (AvgIpc) is 3.66. The molecule has 0 unspecified atom stereocenters. The molecule has 214 valence electrons. The predicted octanol–water partition coefficient (Wildman–Crippen LogP) is 13.8. The van der Waals surface area contributed by atoms with Crippen LogP contribution in [0.4, 0.5) is 0 Å². The second kappa shape index (κ2) is 15.4. The quantitative estimate of drug-likeness (QED) is 0.0726. The van der Waals surface area contributed by atoms with Gasteiger partial charge < -0.3 is 0 Å². The molecular weight excluding hydrogens is 521 g/mol. The molecule has 5 rings (SSSR count). The second-order valence-electron chi connectivity index (χ2n) is 12.1. The molecule has 0 N–H and O–H groups in total. The van der Waals surface area contributed by atoms with Gasteiger partial charge in [-0.3, -0.25) is 0 Å². The number of fused-ring (bicyclic) bond motifs is 6. The van der Waals surface area contributed by atoms with E-state index in [-0.39, 0.29) is 0 Å². The Morgan fingerprint density at radius 3 is 1.27 bits per heavy atom. The summed E-state index contributed by atoms with van der Waals surface area (Å²) in [6.07, 6.45) is 24.5. The predicted molar refractivity (Wildman–Crippen MR) is 185 cm³/mol. The first-order chi connectivity index (χ1) is 19.8. The fraction of sp³-hybridized carbons (Fsp3) is 0.526. The van der Waals surface area contributed by atoms with Crippen LogP contribution in [0.5, 0.6) is 0 Å². The lowest BCUT2D eigenvalue weighted by Gasteiger charge is -2.19. The third kappa shape index (κ3) is 6.93. The highest BCUT2D eigenvalue weighted by molar-refractivity contribution is 7.18. The van der Waals surface area contributed by atoms with Crippen molar-refractivity contribution in [3.63, 3.8) is 0 Å². The van der Waals surface area contributed by atoms with Gasteiger partial charge in [0.15, 0.2) is 0 Å². The first-order valence-electron chi connectivity index (χ1n) is 16.6. The Kier molecular flexibility index (Phi) is 11.4. The molecule has 0 nitrogen and oxygen atoms in total. The third-order valence-electron chi connectivity index (χ3n) is 9.06. The van der Waals surface area contributed by atoms with Crippen LogP contribution >= 0.6 is 22.7 Å². The van der Waals surface area contributed by atoms with E-state index >= 15 is 0 Å². The van der Waals surface area contributed by atoms with Crippen molar-refractivity contribution in [1.82, 2.24) is 0 Å². The Bertz CT molecular complexity index is 1390. The van der Waals surface area contributed by atoms with Gasteiger partial charge in [0.05, 0.1) is 0 Å². The van der Waals surface area contributed by atoms with Crippen molar-refractivity contribution in [3.05, 3.63) is 58.3 Å². The lowest BCUT2D eigenvalue weighted by Crippen LogP contribution is -1.98. The van der Waals surface area contributed by atoms with Gasteiger partial charge in [0.25, 0.3) is 0 Å². The van der Waals surface area contributed by atoms with Crippen LogP contribution in [0.15, 0.2) is 47.2 Å². The van der Waals surface area contributed by atoms with Crippen molar-refractivity contribution in [2.75, 3.05) is 0 Å². The molecule has 0 saturated heterocycles. The Balaban J connectivity index is 1.45. The molecule has 0 radical (unpaired) electrons. The average molecular weight is 571 g/mol. The fourth-order valence-corrected chi connectivity index (χ4v) is 8.78. The van der Waals surface area contributed by atoms with Gasteiger partial charge in [-0.2, -0.15) is 0 Å². The van der Waals surface area contributed by atoms with Gasteiger partial charge in [0, 0.05) is 20.2 Å². The van der Waals surface area contributed by atoms with Gasteiger partial charge in [-0.25, -0.2) is 0 Å². The number of hydrogen-bond acceptors (Lipinski definition) is 2. The summed E-state index contributed by atoms with van der Waals surface area (Å²) in [4.78, 5) is 0. The molecule has 5 aromatic rings.